The summed E-state index contributed by atoms with van der Waals surface area (Å²) in [5.41, 5.74) is 6.73. The quantitative estimate of drug-likeness (QED) is 0.175. The molecule has 47 heavy (non-hydrogen) atoms. The summed E-state index contributed by atoms with van der Waals surface area (Å²) in [5.74, 6) is 0.290. The molecular formula is C37H33N7O3. The first-order valence-corrected chi connectivity index (χ1v) is 15.7. The van der Waals surface area contributed by atoms with Crippen molar-refractivity contribution in [3.63, 3.8) is 0 Å². The van der Waals surface area contributed by atoms with Crippen molar-refractivity contribution in [1.29, 1.82) is 10.5 Å². The van der Waals surface area contributed by atoms with Crippen molar-refractivity contribution in [2.24, 2.45) is 0 Å². The van der Waals surface area contributed by atoms with Crippen LogP contribution >= 0.6 is 0 Å². The van der Waals surface area contributed by atoms with E-state index in [4.69, 9.17) is 9.47 Å². The number of carbonyl (C=O) groups excluding carboxylic acids is 1. The Kier molecular flexibility index (Phi) is 8.52. The molecule has 1 atom stereocenters. The monoisotopic (exact) mass is 623 g/mol. The zero-order valence-corrected chi connectivity index (χ0v) is 25.8. The van der Waals surface area contributed by atoms with Crippen LogP contribution in [0.5, 0.6) is 5.75 Å². The Labute approximate surface area is 272 Å². The third-order valence-electron chi connectivity index (χ3n) is 8.56. The number of pyridine rings is 1. The number of nitrogens with one attached hydrogen (secondary N) is 3. The molecule has 4 heterocycles. The van der Waals surface area contributed by atoms with Crippen molar-refractivity contribution < 1.29 is 14.3 Å². The second kappa shape index (κ2) is 13.4. The maximum absolute atomic E-state index is 13.2. The molecule has 2 aliphatic rings. The van der Waals surface area contributed by atoms with Gasteiger partial charge in [-0.25, -0.2) is 0 Å². The van der Waals surface area contributed by atoms with E-state index in [1.54, 1.807) is 18.3 Å². The van der Waals surface area contributed by atoms with Crippen LogP contribution in [0.1, 0.15) is 36.0 Å². The minimum absolute atomic E-state index is 0.129. The molecular weight excluding hydrogens is 590 g/mol. The van der Waals surface area contributed by atoms with E-state index in [9.17, 15) is 15.3 Å². The number of carbonyl (C=O) groups is 1. The van der Waals surface area contributed by atoms with Crippen molar-refractivity contribution >= 4 is 44.8 Å². The lowest BCUT2D eigenvalue weighted by Crippen LogP contribution is -2.24. The Balaban J connectivity index is 1.22. The van der Waals surface area contributed by atoms with Crippen LogP contribution in [0.2, 0.25) is 0 Å². The molecule has 3 N–H and O–H groups in total. The van der Waals surface area contributed by atoms with E-state index in [-0.39, 0.29) is 12.0 Å². The van der Waals surface area contributed by atoms with Crippen LogP contribution in [0.4, 0.5) is 17.1 Å². The predicted octanol–water partition coefficient (Wildman–Crippen LogP) is 6.14. The Morgan fingerprint density at radius 3 is 2.81 bits per heavy atom. The van der Waals surface area contributed by atoms with E-state index in [1.165, 1.54) is 0 Å². The van der Waals surface area contributed by atoms with E-state index < -0.39 is 0 Å². The number of anilines is 3. The van der Waals surface area contributed by atoms with Gasteiger partial charge in [0.2, 0.25) is 5.91 Å². The molecule has 10 nitrogen and oxygen atoms in total. The fourth-order valence-corrected chi connectivity index (χ4v) is 6.16. The molecule has 2 aliphatic heterocycles. The lowest BCUT2D eigenvalue weighted by molar-refractivity contribution is -0.112. The summed E-state index contributed by atoms with van der Waals surface area (Å²) in [4.78, 5) is 17.8. The lowest BCUT2D eigenvalue weighted by Gasteiger charge is -2.19. The zero-order chi connectivity index (χ0) is 32.2. The maximum atomic E-state index is 13.2. The number of amides is 1. The third kappa shape index (κ3) is 6.66. The Morgan fingerprint density at radius 2 is 2.00 bits per heavy atom. The lowest BCUT2D eigenvalue weighted by atomic mass is 10.0. The number of nitriles is 2. The largest absolute Gasteiger partial charge is 0.486 e. The Morgan fingerprint density at radius 1 is 1.11 bits per heavy atom. The summed E-state index contributed by atoms with van der Waals surface area (Å²) < 4.78 is 14.0. The Bertz CT molecular complexity index is 2090. The molecule has 2 fully saturated rings. The van der Waals surface area contributed by atoms with Gasteiger partial charge >= 0.3 is 0 Å². The van der Waals surface area contributed by atoms with Crippen molar-refractivity contribution in [1.82, 2.24) is 14.9 Å². The van der Waals surface area contributed by atoms with Gasteiger partial charge < -0.3 is 30.0 Å². The van der Waals surface area contributed by atoms with Gasteiger partial charge in [0, 0.05) is 59.5 Å². The van der Waals surface area contributed by atoms with E-state index in [2.05, 4.69) is 37.6 Å². The fraction of sp³-hybridized carbons (Fsp3) is 0.243. The molecule has 10 heteroatoms. The maximum Gasteiger partial charge on any atom is 0.248 e. The molecule has 0 aliphatic carbocycles. The predicted molar refractivity (Wildman–Crippen MR) is 181 cm³/mol. The zero-order valence-electron chi connectivity index (χ0n) is 25.8. The van der Waals surface area contributed by atoms with Gasteiger partial charge in [-0.1, -0.05) is 17.7 Å². The normalized spacial score (nSPS) is 16.0. The smallest absolute Gasteiger partial charge is 0.248 e. The first kappa shape index (κ1) is 30.0. The molecule has 0 radical (unpaired) electrons. The average molecular weight is 624 g/mol. The number of hydrogen-bond donors (Lipinski definition) is 3. The van der Waals surface area contributed by atoms with Gasteiger partial charge in [-0.15, -0.1) is 0 Å². The molecule has 1 unspecified atom stereocenters. The number of nitrogens with zero attached hydrogens (tertiary/aromatic N) is 4. The van der Waals surface area contributed by atoms with Gasteiger partial charge in [0.05, 0.1) is 47.3 Å². The molecule has 234 valence electrons. The Hall–Kier alpha value is -5.68. The highest BCUT2D eigenvalue weighted by Crippen LogP contribution is 2.37. The minimum Gasteiger partial charge on any atom is -0.486 e. The van der Waals surface area contributed by atoms with Crippen LogP contribution in [0.15, 0.2) is 84.7 Å². The minimum atomic E-state index is -0.220. The number of rotatable bonds is 8. The molecule has 0 saturated carbocycles. The number of piperidine rings is 1. The molecule has 3 aromatic carbocycles. The third-order valence-corrected chi connectivity index (χ3v) is 8.56. The van der Waals surface area contributed by atoms with Crippen LogP contribution in [-0.2, 0) is 16.1 Å². The first-order chi connectivity index (χ1) is 23.1. The number of hydrogen-bond acceptors (Lipinski definition) is 8. The standard InChI is InChI=1S/C37H33N7O3/c38-19-25-2-1-3-26(14-25)22-44-12-8-27-16-29(4-5-34(27)44)42-37-28(20-39)21-41-32-18-35(47-30-9-13-46-23-30)33(17-31(32)37)43-36(45)15-24-6-10-40-11-7-24/h1-5,8,12,14-18,21,30,40H,6-7,9-11,13,22-23H2,(H,41,42)(H,43,45). The van der Waals surface area contributed by atoms with E-state index >= 15 is 0 Å². The average Bonchev–Trinajstić information content (AvgIpc) is 3.75. The van der Waals surface area contributed by atoms with E-state index in [0.717, 1.165) is 60.1 Å². The number of fused-ring (bicyclic) bond motifs is 2. The summed E-state index contributed by atoms with van der Waals surface area (Å²) in [5, 5.41) is 30.9. The van der Waals surface area contributed by atoms with Crippen molar-refractivity contribution in [2.45, 2.75) is 31.9 Å². The SMILES string of the molecule is N#Cc1cccc(Cn2ccc3cc(Nc4c(C#N)cnc5cc(OC6CCOC6)c(NC(=O)C=C6CCNCC6)cc45)ccc32)c1. The molecule has 0 bridgehead atoms. The fourth-order valence-electron chi connectivity index (χ4n) is 6.16. The van der Waals surface area contributed by atoms with E-state index in [0.29, 0.717) is 58.9 Å². The van der Waals surface area contributed by atoms with Gasteiger partial charge in [-0.2, -0.15) is 10.5 Å². The topological polar surface area (TPSA) is 137 Å². The van der Waals surface area contributed by atoms with Crippen molar-refractivity contribution in [3.05, 3.63) is 101 Å². The van der Waals surface area contributed by atoms with Gasteiger partial charge in [0.15, 0.2) is 0 Å². The molecule has 2 aromatic heterocycles. The molecule has 5 aromatic rings. The highest BCUT2D eigenvalue weighted by atomic mass is 16.5. The first-order valence-electron chi connectivity index (χ1n) is 15.7. The number of benzene rings is 3. The van der Waals surface area contributed by atoms with Crippen LogP contribution in [0.3, 0.4) is 0 Å². The molecule has 0 spiro atoms. The van der Waals surface area contributed by atoms with Gasteiger partial charge in [0.1, 0.15) is 17.9 Å². The van der Waals surface area contributed by atoms with Crippen LogP contribution in [0, 0.1) is 22.7 Å². The van der Waals surface area contributed by atoms with Gasteiger partial charge in [-0.05, 0) is 74.0 Å². The van der Waals surface area contributed by atoms with Crippen LogP contribution in [-0.4, -0.2) is 47.9 Å². The molecule has 1 amide bonds. The highest BCUT2D eigenvalue weighted by Gasteiger charge is 2.22. The van der Waals surface area contributed by atoms with Gasteiger partial charge in [0.25, 0.3) is 0 Å². The number of ether oxygens (including phenoxy) is 2. The summed E-state index contributed by atoms with van der Waals surface area (Å²) in [6.07, 6.45) is 7.55. The van der Waals surface area contributed by atoms with Crippen molar-refractivity contribution in [3.8, 4) is 17.9 Å². The second-order valence-electron chi connectivity index (χ2n) is 11.8. The molecule has 7 rings (SSSR count). The summed E-state index contributed by atoms with van der Waals surface area (Å²) >= 11 is 0. The summed E-state index contributed by atoms with van der Waals surface area (Å²) in [6, 6.07) is 23.8. The van der Waals surface area contributed by atoms with E-state index in [1.807, 2.05) is 60.8 Å². The van der Waals surface area contributed by atoms with Crippen LogP contribution in [0.25, 0.3) is 21.8 Å². The summed E-state index contributed by atoms with van der Waals surface area (Å²) in [7, 11) is 0. The number of aromatic nitrogens is 2. The van der Waals surface area contributed by atoms with Crippen molar-refractivity contribution in [2.75, 3.05) is 36.9 Å². The van der Waals surface area contributed by atoms with Crippen LogP contribution < -0.4 is 20.7 Å². The summed E-state index contributed by atoms with van der Waals surface area (Å²) in [6.45, 7) is 3.45. The molecule has 2 saturated heterocycles. The van der Waals surface area contributed by atoms with Gasteiger partial charge in [-0.3, -0.25) is 9.78 Å². The highest BCUT2D eigenvalue weighted by molar-refractivity contribution is 6.05. The second-order valence-corrected chi connectivity index (χ2v) is 11.8.